The van der Waals surface area contributed by atoms with Gasteiger partial charge in [0.15, 0.2) is 0 Å². The maximum Gasteiger partial charge on any atom is 0.0781 e. The van der Waals surface area contributed by atoms with Crippen molar-refractivity contribution in [2.24, 2.45) is 0 Å². The van der Waals surface area contributed by atoms with Crippen molar-refractivity contribution in [1.82, 2.24) is 0 Å². The van der Waals surface area contributed by atoms with Crippen molar-refractivity contribution in [2.45, 2.75) is 32.4 Å². The lowest BCUT2D eigenvalue weighted by Gasteiger charge is -2.37. The summed E-state index contributed by atoms with van der Waals surface area (Å²) in [5.74, 6) is 0. The maximum absolute atomic E-state index is 9.70. The van der Waals surface area contributed by atoms with E-state index in [-0.39, 0.29) is 12.1 Å². The summed E-state index contributed by atoms with van der Waals surface area (Å²) in [5, 5.41) is 19.1. The second-order valence-corrected chi connectivity index (χ2v) is 4.76. The summed E-state index contributed by atoms with van der Waals surface area (Å²) >= 11 is 0. The summed E-state index contributed by atoms with van der Waals surface area (Å²) in [7, 11) is 1.93. The fourth-order valence-corrected chi connectivity index (χ4v) is 1.58. The number of anilines is 1. The highest BCUT2D eigenvalue weighted by Gasteiger charge is 2.24. The zero-order valence-corrected chi connectivity index (χ0v) is 10.4. The van der Waals surface area contributed by atoms with Gasteiger partial charge < -0.3 is 15.1 Å². The number of para-hydroxylation sites is 1. The molecular weight excluding hydrogens is 202 g/mol. The van der Waals surface area contributed by atoms with Crippen LogP contribution in [0.2, 0.25) is 0 Å². The van der Waals surface area contributed by atoms with E-state index in [0.717, 1.165) is 11.3 Å². The van der Waals surface area contributed by atoms with Crippen LogP contribution in [-0.2, 0) is 0 Å². The molecule has 0 aliphatic carbocycles. The molecule has 90 valence electrons. The first-order valence-electron chi connectivity index (χ1n) is 5.52. The first-order valence-corrected chi connectivity index (χ1v) is 5.52. The van der Waals surface area contributed by atoms with E-state index in [1.165, 1.54) is 0 Å². The Labute approximate surface area is 97.3 Å². The first-order chi connectivity index (χ1) is 7.40. The van der Waals surface area contributed by atoms with Crippen LogP contribution in [0.3, 0.4) is 0 Å². The monoisotopic (exact) mass is 223 g/mol. The third-order valence-electron chi connectivity index (χ3n) is 3.04. The van der Waals surface area contributed by atoms with E-state index in [1.807, 2.05) is 50.1 Å². The van der Waals surface area contributed by atoms with Gasteiger partial charge in [-0.15, -0.1) is 0 Å². The van der Waals surface area contributed by atoms with Gasteiger partial charge in [-0.3, -0.25) is 0 Å². The Morgan fingerprint density at radius 2 is 1.88 bits per heavy atom. The van der Waals surface area contributed by atoms with E-state index in [1.54, 1.807) is 6.92 Å². The molecule has 0 spiro atoms. The predicted octanol–water partition coefficient (Wildman–Crippen LogP) is 1.95. The van der Waals surface area contributed by atoms with Crippen LogP contribution in [-0.4, -0.2) is 29.4 Å². The number of hydrogen-bond donors (Lipinski definition) is 2. The topological polar surface area (TPSA) is 43.7 Å². The summed E-state index contributed by atoms with van der Waals surface area (Å²) in [6.07, 6.45) is -0.506. The second kappa shape index (κ2) is 4.85. The van der Waals surface area contributed by atoms with Gasteiger partial charge in [0.2, 0.25) is 0 Å². The molecule has 1 aromatic rings. The van der Waals surface area contributed by atoms with Crippen LogP contribution in [0.25, 0.3) is 0 Å². The zero-order valence-electron chi connectivity index (χ0n) is 10.4. The Hall–Kier alpha value is -1.06. The zero-order chi connectivity index (χ0) is 12.3. The maximum atomic E-state index is 9.70. The fraction of sp³-hybridized carbons (Fsp3) is 0.538. The van der Waals surface area contributed by atoms with Crippen LogP contribution in [0.4, 0.5) is 5.69 Å². The van der Waals surface area contributed by atoms with Crippen molar-refractivity contribution < 1.29 is 10.2 Å². The third kappa shape index (κ3) is 2.54. The van der Waals surface area contributed by atoms with Crippen LogP contribution in [0.1, 0.15) is 32.4 Å². The summed E-state index contributed by atoms with van der Waals surface area (Å²) in [5.41, 5.74) is 1.49. The summed E-state index contributed by atoms with van der Waals surface area (Å²) in [6.45, 7) is 5.74. The van der Waals surface area contributed by atoms with Gasteiger partial charge in [-0.2, -0.15) is 0 Å². The van der Waals surface area contributed by atoms with E-state index < -0.39 is 6.10 Å². The minimum atomic E-state index is -0.506. The Morgan fingerprint density at radius 1 is 1.31 bits per heavy atom. The van der Waals surface area contributed by atoms with Crippen LogP contribution in [0.15, 0.2) is 24.3 Å². The molecule has 1 atom stereocenters. The standard InChI is InChI=1S/C13H21NO2/c1-10(16)11-7-5-6-8-12(11)14(4)13(2,3)9-15/h5-8,10,15-16H,9H2,1-4H3/t10-/m1/s1. The molecule has 2 N–H and O–H groups in total. The van der Waals surface area contributed by atoms with E-state index in [4.69, 9.17) is 0 Å². The number of rotatable bonds is 4. The fourth-order valence-electron chi connectivity index (χ4n) is 1.58. The normalized spacial score (nSPS) is 13.6. The van der Waals surface area contributed by atoms with Crippen molar-refractivity contribution in [3.05, 3.63) is 29.8 Å². The predicted molar refractivity (Wildman–Crippen MR) is 66.6 cm³/mol. The molecule has 1 aromatic carbocycles. The van der Waals surface area contributed by atoms with Crippen molar-refractivity contribution >= 4 is 5.69 Å². The smallest absolute Gasteiger partial charge is 0.0781 e. The largest absolute Gasteiger partial charge is 0.394 e. The number of nitrogens with zero attached hydrogens (tertiary/aromatic N) is 1. The Balaban J connectivity index is 3.13. The molecule has 0 unspecified atom stereocenters. The molecule has 0 radical (unpaired) electrons. The van der Waals surface area contributed by atoms with Crippen LogP contribution in [0.5, 0.6) is 0 Å². The highest BCUT2D eigenvalue weighted by Crippen LogP contribution is 2.29. The lowest BCUT2D eigenvalue weighted by molar-refractivity contribution is 0.196. The number of benzene rings is 1. The highest BCUT2D eigenvalue weighted by atomic mass is 16.3. The molecule has 0 heterocycles. The molecule has 0 amide bonds. The van der Waals surface area contributed by atoms with E-state index >= 15 is 0 Å². The molecule has 3 nitrogen and oxygen atoms in total. The third-order valence-corrected chi connectivity index (χ3v) is 3.04. The SMILES string of the molecule is C[C@@H](O)c1ccccc1N(C)C(C)(C)CO. The van der Waals surface area contributed by atoms with Gasteiger partial charge in [-0.05, 0) is 26.8 Å². The van der Waals surface area contributed by atoms with Gasteiger partial charge in [-0.1, -0.05) is 18.2 Å². The Kier molecular flexibility index (Phi) is 3.94. The van der Waals surface area contributed by atoms with Gasteiger partial charge in [0.25, 0.3) is 0 Å². The molecule has 0 aliphatic heterocycles. The summed E-state index contributed by atoms with van der Waals surface area (Å²) in [4.78, 5) is 2.00. The quantitative estimate of drug-likeness (QED) is 0.820. The average Bonchev–Trinajstić information content (AvgIpc) is 2.28. The molecular formula is C13H21NO2. The molecule has 0 bridgehead atoms. The number of aliphatic hydroxyl groups is 2. The summed E-state index contributed by atoms with van der Waals surface area (Å²) < 4.78 is 0. The molecule has 0 aliphatic rings. The molecule has 1 rings (SSSR count). The molecule has 0 saturated heterocycles. The highest BCUT2D eigenvalue weighted by molar-refractivity contribution is 5.55. The van der Waals surface area contributed by atoms with Crippen molar-refractivity contribution in [2.75, 3.05) is 18.6 Å². The van der Waals surface area contributed by atoms with Gasteiger partial charge in [0.05, 0.1) is 18.2 Å². The van der Waals surface area contributed by atoms with Gasteiger partial charge in [-0.25, -0.2) is 0 Å². The second-order valence-electron chi connectivity index (χ2n) is 4.76. The van der Waals surface area contributed by atoms with Crippen LogP contribution < -0.4 is 4.90 Å². The van der Waals surface area contributed by atoms with Gasteiger partial charge in [0, 0.05) is 18.3 Å². The van der Waals surface area contributed by atoms with E-state index in [9.17, 15) is 10.2 Å². The Bertz CT molecular complexity index is 348. The Morgan fingerprint density at radius 3 is 2.38 bits per heavy atom. The number of likely N-dealkylation sites (N-methyl/N-ethyl adjacent to an activating group) is 1. The van der Waals surface area contributed by atoms with E-state index in [0.29, 0.717) is 0 Å². The first kappa shape index (κ1) is 13.0. The molecule has 3 heteroatoms. The van der Waals surface area contributed by atoms with E-state index in [2.05, 4.69) is 0 Å². The lowest BCUT2D eigenvalue weighted by atomic mass is 10.0. The number of aliphatic hydroxyl groups excluding tert-OH is 2. The van der Waals surface area contributed by atoms with Crippen molar-refractivity contribution in [1.29, 1.82) is 0 Å². The van der Waals surface area contributed by atoms with Crippen LogP contribution >= 0.6 is 0 Å². The molecule has 0 fully saturated rings. The molecule has 0 aromatic heterocycles. The molecule has 0 saturated carbocycles. The minimum Gasteiger partial charge on any atom is -0.394 e. The van der Waals surface area contributed by atoms with Crippen molar-refractivity contribution in [3.63, 3.8) is 0 Å². The van der Waals surface area contributed by atoms with Gasteiger partial charge >= 0.3 is 0 Å². The summed E-state index contributed by atoms with van der Waals surface area (Å²) in [6, 6.07) is 7.71. The average molecular weight is 223 g/mol. The van der Waals surface area contributed by atoms with Crippen molar-refractivity contribution in [3.8, 4) is 0 Å². The minimum absolute atomic E-state index is 0.0671. The van der Waals surface area contributed by atoms with Gasteiger partial charge in [0.1, 0.15) is 0 Å². The van der Waals surface area contributed by atoms with Crippen LogP contribution in [0, 0.1) is 0 Å². The number of hydrogen-bond acceptors (Lipinski definition) is 3. The molecule has 16 heavy (non-hydrogen) atoms. The lowest BCUT2D eigenvalue weighted by Crippen LogP contribution is -2.44.